The second-order valence-electron chi connectivity index (χ2n) is 4.92. The monoisotopic (exact) mass is 243 g/mol. The normalized spacial score (nSPS) is 19.3. The minimum absolute atomic E-state index is 0.513. The SMILES string of the molecule is CCN(c1ccc(C)cc1C#N)C1CCCNC1. The molecular weight excluding hydrogens is 222 g/mol. The summed E-state index contributed by atoms with van der Waals surface area (Å²) in [7, 11) is 0. The van der Waals surface area contributed by atoms with Gasteiger partial charge in [0.15, 0.2) is 0 Å². The molecule has 0 amide bonds. The summed E-state index contributed by atoms with van der Waals surface area (Å²) in [5, 5.41) is 12.7. The summed E-state index contributed by atoms with van der Waals surface area (Å²) in [5.41, 5.74) is 3.02. The molecule has 1 fully saturated rings. The molecule has 1 unspecified atom stereocenters. The van der Waals surface area contributed by atoms with Gasteiger partial charge in [-0.15, -0.1) is 0 Å². The smallest absolute Gasteiger partial charge is 0.101 e. The number of anilines is 1. The molecule has 1 aromatic carbocycles. The van der Waals surface area contributed by atoms with Crippen LogP contribution in [0.2, 0.25) is 0 Å². The molecule has 1 aliphatic rings. The van der Waals surface area contributed by atoms with Gasteiger partial charge in [0.1, 0.15) is 6.07 Å². The van der Waals surface area contributed by atoms with Crippen LogP contribution >= 0.6 is 0 Å². The van der Waals surface area contributed by atoms with Crippen LogP contribution in [0.4, 0.5) is 5.69 Å². The molecule has 3 heteroatoms. The van der Waals surface area contributed by atoms with E-state index in [9.17, 15) is 5.26 Å². The Balaban J connectivity index is 2.29. The molecule has 0 bridgehead atoms. The molecule has 0 aliphatic carbocycles. The topological polar surface area (TPSA) is 39.1 Å². The van der Waals surface area contributed by atoms with Crippen molar-refractivity contribution in [1.29, 1.82) is 5.26 Å². The molecule has 1 aliphatic heterocycles. The third-order valence-corrected chi connectivity index (χ3v) is 3.63. The maximum absolute atomic E-state index is 9.29. The zero-order valence-electron chi connectivity index (χ0n) is 11.2. The zero-order chi connectivity index (χ0) is 13.0. The average molecular weight is 243 g/mol. The quantitative estimate of drug-likeness (QED) is 0.886. The van der Waals surface area contributed by atoms with E-state index in [4.69, 9.17) is 0 Å². The minimum atomic E-state index is 0.513. The number of hydrogen-bond donors (Lipinski definition) is 1. The van der Waals surface area contributed by atoms with Gasteiger partial charge < -0.3 is 10.2 Å². The molecule has 1 aromatic rings. The van der Waals surface area contributed by atoms with Crippen molar-refractivity contribution in [3.63, 3.8) is 0 Å². The molecule has 3 nitrogen and oxygen atoms in total. The van der Waals surface area contributed by atoms with Crippen molar-refractivity contribution in [2.45, 2.75) is 32.7 Å². The first-order valence-electron chi connectivity index (χ1n) is 6.74. The van der Waals surface area contributed by atoms with Gasteiger partial charge in [-0.3, -0.25) is 0 Å². The Labute approximate surface area is 109 Å². The highest BCUT2D eigenvalue weighted by molar-refractivity contribution is 5.61. The molecule has 0 saturated carbocycles. The van der Waals surface area contributed by atoms with Crippen molar-refractivity contribution in [3.05, 3.63) is 29.3 Å². The van der Waals surface area contributed by atoms with E-state index >= 15 is 0 Å². The fraction of sp³-hybridized carbons (Fsp3) is 0.533. The third kappa shape index (κ3) is 2.65. The number of nitrogens with zero attached hydrogens (tertiary/aromatic N) is 2. The van der Waals surface area contributed by atoms with Crippen molar-refractivity contribution in [1.82, 2.24) is 5.32 Å². The first-order valence-corrected chi connectivity index (χ1v) is 6.74. The predicted molar refractivity (Wildman–Crippen MR) is 74.8 cm³/mol. The van der Waals surface area contributed by atoms with Crippen molar-refractivity contribution in [3.8, 4) is 6.07 Å². The van der Waals surface area contributed by atoms with E-state index < -0.39 is 0 Å². The molecule has 0 radical (unpaired) electrons. The zero-order valence-corrected chi connectivity index (χ0v) is 11.2. The van der Waals surface area contributed by atoms with E-state index in [-0.39, 0.29) is 0 Å². The number of likely N-dealkylation sites (N-methyl/N-ethyl adjacent to an activating group) is 1. The van der Waals surface area contributed by atoms with Crippen LogP contribution in [0.25, 0.3) is 0 Å². The second kappa shape index (κ2) is 5.88. The Hall–Kier alpha value is -1.53. The van der Waals surface area contributed by atoms with Crippen LogP contribution in [0.1, 0.15) is 30.9 Å². The van der Waals surface area contributed by atoms with Crippen LogP contribution in [-0.2, 0) is 0 Å². The van der Waals surface area contributed by atoms with E-state index in [1.807, 2.05) is 13.0 Å². The van der Waals surface area contributed by atoms with Gasteiger partial charge in [-0.1, -0.05) is 6.07 Å². The van der Waals surface area contributed by atoms with Crippen LogP contribution in [-0.4, -0.2) is 25.7 Å². The molecule has 96 valence electrons. The van der Waals surface area contributed by atoms with Gasteiger partial charge in [-0.2, -0.15) is 5.26 Å². The molecule has 0 aromatic heterocycles. The fourth-order valence-corrected chi connectivity index (χ4v) is 2.71. The van der Waals surface area contributed by atoms with Gasteiger partial charge in [0.25, 0.3) is 0 Å². The first-order chi connectivity index (χ1) is 8.76. The Morgan fingerprint density at radius 3 is 2.94 bits per heavy atom. The Morgan fingerprint density at radius 1 is 1.50 bits per heavy atom. The first kappa shape index (κ1) is 12.9. The Bertz CT molecular complexity index is 442. The number of benzene rings is 1. The van der Waals surface area contributed by atoms with Gasteiger partial charge in [-0.05, 0) is 50.9 Å². The van der Waals surface area contributed by atoms with E-state index in [0.717, 1.165) is 36.4 Å². The molecular formula is C15H21N3. The molecule has 18 heavy (non-hydrogen) atoms. The second-order valence-corrected chi connectivity index (χ2v) is 4.92. The number of rotatable bonds is 3. The van der Waals surface area contributed by atoms with Crippen molar-refractivity contribution in [2.24, 2.45) is 0 Å². The average Bonchev–Trinajstić information content (AvgIpc) is 2.42. The number of piperidine rings is 1. The summed E-state index contributed by atoms with van der Waals surface area (Å²) in [6, 6.07) is 9.00. The summed E-state index contributed by atoms with van der Waals surface area (Å²) >= 11 is 0. The van der Waals surface area contributed by atoms with E-state index in [0.29, 0.717) is 6.04 Å². The van der Waals surface area contributed by atoms with Gasteiger partial charge >= 0.3 is 0 Å². The standard InChI is InChI=1S/C15H21N3/c1-3-18(14-5-4-8-17-11-14)15-7-6-12(2)9-13(15)10-16/h6-7,9,14,17H,3-5,8,11H2,1-2H3. The Morgan fingerprint density at radius 2 is 2.33 bits per heavy atom. The lowest BCUT2D eigenvalue weighted by molar-refractivity contribution is 0.435. The highest BCUT2D eigenvalue weighted by Gasteiger charge is 2.21. The summed E-state index contributed by atoms with van der Waals surface area (Å²) in [4.78, 5) is 2.37. The highest BCUT2D eigenvalue weighted by Crippen LogP contribution is 2.25. The lowest BCUT2D eigenvalue weighted by Gasteiger charge is -2.36. The van der Waals surface area contributed by atoms with E-state index in [2.05, 4.69) is 35.3 Å². The van der Waals surface area contributed by atoms with Gasteiger partial charge in [-0.25, -0.2) is 0 Å². The lowest BCUT2D eigenvalue weighted by Crippen LogP contribution is -2.46. The van der Waals surface area contributed by atoms with Crippen molar-refractivity contribution < 1.29 is 0 Å². The molecule has 1 N–H and O–H groups in total. The Kier molecular flexibility index (Phi) is 4.22. The van der Waals surface area contributed by atoms with Crippen molar-refractivity contribution in [2.75, 3.05) is 24.5 Å². The predicted octanol–water partition coefficient (Wildman–Crippen LogP) is 2.45. The van der Waals surface area contributed by atoms with Crippen LogP contribution in [0.5, 0.6) is 0 Å². The van der Waals surface area contributed by atoms with E-state index in [1.54, 1.807) is 0 Å². The summed E-state index contributed by atoms with van der Waals surface area (Å²) < 4.78 is 0. The number of hydrogen-bond acceptors (Lipinski definition) is 3. The third-order valence-electron chi connectivity index (χ3n) is 3.63. The van der Waals surface area contributed by atoms with Gasteiger partial charge in [0.2, 0.25) is 0 Å². The number of aryl methyl sites for hydroxylation is 1. The van der Waals surface area contributed by atoms with Gasteiger partial charge in [0.05, 0.1) is 11.3 Å². The molecule has 1 heterocycles. The van der Waals surface area contributed by atoms with Crippen LogP contribution in [0.15, 0.2) is 18.2 Å². The molecule has 1 saturated heterocycles. The van der Waals surface area contributed by atoms with Crippen LogP contribution in [0.3, 0.4) is 0 Å². The van der Waals surface area contributed by atoms with Gasteiger partial charge in [0, 0.05) is 19.1 Å². The van der Waals surface area contributed by atoms with E-state index in [1.165, 1.54) is 12.8 Å². The van der Waals surface area contributed by atoms with Crippen molar-refractivity contribution >= 4 is 5.69 Å². The van der Waals surface area contributed by atoms with Crippen LogP contribution in [0, 0.1) is 18.3 Å². The lowest BCUT2D eigenvalue weighted by atomic mass is 10.0. The minimum Gasteiger partial charge on any atom is -0.366 e. The summed E-state index contributed by atoms with van der Waals surface area (Å²) in [5.74, 6) is 0. The number of nitriles is 1. The molecule has 1 atom stereocenters. The van der Waals surface area contributed by atoms with Crippen LogP contribution < -0.4 is 10.2 Å². The largest absolute Gasteiger partial charge is 0.366 e. The fourth-order valence-electron chi connectivity index (χ4n) is 2.71. The number of nitrogens with one attached hydrogen (secondary N) is 1. The summed E-state index contributed by atoms with van der Waals surface area (Å²) in [6.45, 7) is 7.28. The maximum atomic E-state index is 9.29. The maximum Gasteiger partial charge on any atom is 0.101 e. The highest BCUT2D eigenvalue weighted by atomic mass is 15.2. The molecule has 2 rings (SSSR count). The summed E-state index contributed by atoms with van der Waals surface area (Å²) in [6.07, 6.45) is 2.43. The molecule has 0 spiro atoms.